The summed E-state index contributed by atoms with van der Waals surface area (Å²) < 4.78 is 10.6. The topological polar surface area (TPSA) is 59.1 Å². The summed E-state index contributed by atoms with van der Waals surface area (Å²) in [6.07, 6.45) is 4.34. The van der Waals surface area contributed by atoms with Crippen LogP contribution in [0.25, 0.3) is 0 Å². The molecular formula is C20H26N2O4. The van der Waals surface area contributed by atoms with Crippen molar-refractivity contribution in [3.63, 3.8) is 0 Å². The molecule has 6 nitrogen and oxygen atoms in total. The Balaban J connectivity index is 1.56. The minimum atomic E-state index is -0.0658. The normalized spacial score (nSPS) is 25.2. The molecule has 26 heavy (non-hydrogen) atoms. The van der Waals surface area contributed by atoms with Crippen molar-refractivity contribution in [2.45, 2.75) is 31.7 Å². The van der Waals surface area contributed by atoms with Gasteiger partial charge >= 0.3 is 0 Å². The highest BCUT2D eigenvalue weighted by Crippen LogP contribution is 2.36. The lowest BCUT2D eigenvalue weighted by Crippen LogP contribution is -2.48. The Bertz CT molecular complexity index is 694. The number of hydrogen-bond acceptors (Lipinski definition) is 4. The fraction of sp³-hybridized carbons (Fsp3) is 0.600. The lowest BCUT2D eigenvalue weighted by Gasteiger charge is -2.36. The van der Waals surface area contributed by atoms with Crippen molar-refractivity contribution >= 4 is 11.8 Å². The second-order valence-corrected chi connectivity index (χ2v) is 7.67. The number of rotatable bonds is 5. The van der Waals surface area contributed by atoms with Crippen LogP contribution in [0.4, 0.5) is 0 Å². The highest BCUT2D eigenvalue weighted by Gasteiger charge is 2.43. The SMILES string of the molecule is COc1cc(OC)cc(C(=O)N2C[C@H]3CC[C@@H](C2)N(CC2CC2)C3=O)c1. The van der Waals surface area contributed by atoms with Gasteiger partial charge in [0.1, 0.15) is 11.5 Å². The van der Waals surface area contributed by atoms with Crippen LogP contribution in [0, 0.1) is 11.8 Å². The van der Waals surface area contributed by atoms with Crippen LogP contribution >= 0.6 is 0 Å². The van der Waals surface area contributed by atoms with Crippen LogP contribution in [0.15, 0.2) is 18.2 Å². The fourth-order valence-electron chi connectivity index (χ4n) is 4.14. The fourth-order valence-corrected chi connectivity index (χ4v) is 4.14. The first-order valence-electron chi connectivity index (χ1n) is 9.42. The average molecular weight is 358 g/mol. The number of hydrogen-bond donors (Lipinski definition) is 0. The maximum Gasteiger partial charge on any atom is 0.254 e. The van der Waals surface area contributed by atoms with E-state index in [1.165, 1.54) is 12.8 Å². The molecule has 4 fully saturated rings. The maximum atomic E-state index is 13.1. The molecule has 5 rings (SSSR count). The van der Waals surface area contributed by atoms with Gasteiger partial charge in [-0.15, -0.1) is 0 Å². The summed E-state index contributed by atoms with van der Waals surface area (Å²) in [5.41, 5.74) is 0.545. The second-order valence-electron chi connectivity index (χ2n) is 7.67. The van der Waals surface area contributed by atoms with Gasteiger partial charge in [0.2, 0.25) is 5.91 Å². The Morgan fingerprint density at radius 2 is 1.73 bits per heavy atom. The third kappa shape index (κ3) is 3.24. The molecule has 140 valence electrons. The van der Waals surface area contributed by atoms with E-state index < -0.39 is 0 Å². The van der Waals surface area contributed by atoms with Crippen LogP contribution in [0.2, 0.25) is 0 Å². The third-order valence-corrected chi connectivity index (χ3v) is 5.83. The molecule has 0 unspecified atom stereocenters. The van der Waals surface area contributed by atoms with Crippen LogP contribution in [-0.2, 0) is 4.79 Å². The molecule has 2 bridgehead atoms. The summed E-state index contributed by atoms with van der Waals surface area (Å²) in [6.45, 7) is 2.00. The monoisotopic (exact) mass is 358 g/mol. The second kappa shape index (κ2) is 6.82. The Kier molecular flexibility index (Phi) is 4.51. The van der Waals surface area contributed by atoms with E-state index in [0.29, 0.717) is 36.1 Å². The van der Waals surface area contributed by atoms with Crippen LogP contribution in [0.3, 0.4) is 0 Å². The van der Waals surface area contributed by atoms with Gasteiger partial charge in [0.15, 0.2) is 0 Å². The van der Waals surface area contributed by atoms with E-state index in [1.807, 2.05) is 4.90 Å². The Hall–Kier alpha value is -2.24. The highest BCUT2D eigenvalue weighted by atomic mass is 16.5. The molecular weight excluding hydrogens is 332 g/mol. The van der Waals surface area contributed by atoms with Gasteiger partial charge in [-0.3, -0.25) is 9.59 Å². The summed E-state index contributed by atoms with van der Waals surface area (Å²) in [5, 5.41) is 0. The van der Waals surface area contributed by atoms with Gasteiger partial charge in [0.25, 0.3) is 5.91 Å². The van der Waals surface area contributed by atoms with Gasteiger partial charge in [-0.1, -0.05) is 0 Å². The van der Waals surface area contributed by atoms with E-state index >= 15 is 0 Å². The van der Waals surface area contributed by atoms with Gasteiger partial charge in [0, 0.05) is 37.3 Å². The van der Waals surface area contributed by atoms with Crippen LogP contribution in [0.1, 0.15) is 36.0 Å². The molecule has 3 saturated heterocycles. The smallest absolute Gasteiger partial charge is 0.254 e. The quantitative estimate of drug-likeness (QED) is 0.809. The van der Waals surface area contributed by atoms with Gasteiger partial charge < -0.3 is 19.3 Å². The van der Waals surface area contributed by atoms with Gasteiger partial charge in [0.05, 0.1) is 20.1 Å². The number of piperidine rings is 1. The number of methoxy groups -OCH3 is 2. The van der Waals surface area contributed by atoms with E-state index in [0.717, 1.165) is 19.4 Å². The molecule has 0 N–H and O–H groups in total. The number of fused-ring (bicyclic) bond motifs is 4. The first-order chi connectivity index (χ1) is 12.6. The zero-order chi connectivity index (χ0) is 18.3. The van der Waals surface area contributed by atoms with E-state index in [9.17, 15) is 9.59 Å². The van der Waals surface area contributed by atoms with Crippen molar-refractivity contribution in [3.8, 4) is 11.5 Å². The molecule has 0 aromatic heterocycles. The molecule has 1 saturated carbocycles. The average Bonchev–Trinajstić information content (AvgIpc) is 3.50. The molecule has 2 atom stereocenters. The molecule has 0 spiro atoms. The zero-order valence-corrected chi connectivity index (χ0v) is 15.4. The van der Waals surface area contributed by atoms with Gasteiger partial charge in [-0.25, -0.2) is 0 Å². The van der Waals surface area contributed by atoms with E-state index in [4.69, 9.17) is 9.47 Å². The van der Waals surface area contributed by atoms with Crippen molar-refractivity contribution in [2.24, 2.45) is 11.8 Å². The first kappa shape index (κ1) is 17.2. The van der Waals surface area contributed by atoms with Gasteiger partial charge in [-0.2, -0.15) is 0 Å². The third-order valence-electron chi connectivity index (χ3n) is 5.83. The molecule has 2 amide bonds. The van der Waals surface area contributed by atoms with Crippen molar-refractivity contribution < 1.29 is 19.1 Å². The number of carbonyl (C=O) groups is 2. The van der Waals surface area contributed by atoms with Crippen molar-refractivity contribution in [2.75, 3.05) is 33.9 Å². The number of ether oxygens (including phenoxy) is 2. The highest BCUT2D eigenvalue weighted by molar-refractivity contribution is 5.96. The van der Waals surface area contributed by atoms with Crippen molar-refractivity contribution in [1.82, 2.24) is 9.80 Å². The largest absolute Gasteiger partial charge is 0.497 e. The molecule has 4 aliphatic rings. The maximum absolute atomic E-state index is 13.1. The standard InChI is InChI=1S/C20H26N2O4/c1-25-17-7-15(8-18(9-17)26-2)19(23)21-11-14-5-6-16(12-21)22(20(14)24)10-13-3-4-13/h7-9,13-14,16H,3-6,10-12H2,1-2H3/t14-,16+/m1/s1. The lowest BCUT2D eigenvalue weighted by molar-refractivity contribution is -0.140. The summed E-state index contributed by atoms with van der Waals surface area (Å²) in [7, 11) is 3.15. The van der Waals surface area contributed by atoms with Crippen LogP contribution in [-0.4, -0.2) is 61.5 Å². The lowest BCUT2D eigenvalue weighted by atomic mass is 9.94. The summed E-state index contributed by atoms with van der Waals surface area (Å²) in [6, 6.07) is 5.38. The summed E-state index contributed by atoms with van der Waals surface area (Å²) in [4.78, 5) is 29.9. The predicted molar refractivity (Wildman–Crippen MR) is 96.4 cm³/mol. The van der Waals surface area contributed by atoms with Crippen molar-refractivity contribution in [1.29, 1.82) is 0 Å². The molecule has 6 heteroatoms. The van der Waals surface area contributed by atoms with Crippen LogP contribution < -0.4 is 9.47 Å². The molecule has 1 aliphatic carbocycles. The molecule has 1 aromatic carbocycles. The summed E-state index contributed by atoms with van der Waals surface area (Å²) >= 11 is 0. The van der Waals surface area contributed by atoms with E-state index in [-0.39, 0.29) is 23.8 Å². The number of carbonyl (C=O) groups excluding carboxylic acids is 2. The number of benzene rings is 1. The molecule has 0 radical (unpaired) electrons. The summed E-state index contributed by atoms with van der Waals surface area (Å²) in [5.74, 6) is 1.98. The number of amides is 2. The molecule has 3 aliphatic heterocycles. The Morgan fingerprint density at radius 1 is 1.04 bits per heavy atom. The Labute approximate surface area is 154 Å². The van der Waals surface area contributed by atoms with Crippen molar-refractivity contribution in [3.05, 3.63) is 23.8 Å². The zero-order valence-electron chi connectivity index (χ0n) is 15.4. The minimum Gasteiger partial charge on any atom is -0.497 e. The minimum absolute atomic E-state index is 0.0554. The van der Waals surface area contributed by atoms with E-state index in [1.54, 1.807) is 32.4 Å². The first-order valence-corrected chi connectivity index (χ1v) is 9.42. The predicted octanol–water partition coefficient (Wildman–Crippen LogP) is 2.18. The van der Waals surface area contributed by atoms with E-state index in [2.05, 4.69) is 4.90 Å². The molecule has 1 aromatic rings. The Morgan fingerprint density at radius 3 is 2.35 bits per heavy atom. The van der Waals surface area contributed by atoms with Gasteiger partial charge in [-0.05, 0) is 43.7 Å². The molecule has 3 heterocycles. The van der Waals surface area contributed by atoms with Crippen LogP contribution in [0.5, 0.6) is 11.5 Å². The number of nitrogens with zero attached hydrogens (tertiary/aromatic N) is 2.